The lowest BCUT2D eigenvalue weighted by Gasteiger charge is -2.16. The highest BCUT2D eigenvalue weighted by Crippen LogP contribution is 2.21. The zero-order valence-electron chi connectivity index (χ0n) is 10.5. The maximum atomic E-state index is 5.89. The summed E-state index contributed by atoms with van der Waals surface area (Å²) in [7, 11) is 1.72. The summed E-state index contributed by atoms with van der Waals surface area (Å²) in [5.74, 6) is 0.973. The van der Waals surface area contributed by atoms with Gasteiger partial charge < -0.3 is 10.5 Å². The lowest BCUT2D eigenvalue weighted by atomic mass is 10.1. The molecule has 3 nitrogen and oxygen atoms in total. The number of likely N-dealkylation sites (tertiary alicyclic amines) is 1. The van der Waals surface area contributed by atoms with E-state index in [1.54, 1.807) is 7.11 Å². The van der Waals surface area contributed by atoms with E-state index in [0.29, 0.717) is 6.04 Å². The molecule has 96 valence electrons. The van der Waals surface area contributed by atoms with Crippen LogP contribution in [0.5, 0.6) is 5.75 Å². The number of aryl methyl sites for hydroxylation is 1. The van der Waals surface area contributed by atoms with Crippen molar-refractivity contribution < 1.29 is 4.74 Å². The number of methoxy groups -OCH3 is 1. The Balaban J connectivity index is 0.00000144. The van der Waals surface area contributed by atoms with Gasteiger partial charge in [-0.15, -0.1) is 12.4 Å². The lowest BCUT2D eigenvalue weighted by molar-refractivity contribution is 0.326. The first-order valence-electron chi connectivity index (χ1n) is 5.80. The van der Waals surface area contributed by atoms with Crippen LogP contribution in [-0.2, 0) is 6.54 Å². The van der Waals surface area contributed by atoms with Crippen molar-refractivity contribution in [2.24, 2.45) is 5.73 Å². The Hall–Kier alpha value is -0.770. The maximum Gasteiger partial charge on any atom is 0.122 e. The summed E-state index contributed by atoms with van der Waals surface area (Å²) in [6.07, 6.45) is 1.11. The Bertz CT molecular complexity index is 370. The fraction of sp³-hybridized carbons (Fsp3) is 0.538. The van der Waals surface area contributed by atoms with Gasteiger partial charge in [0, 0.05) is 25.7 Å². The molecule has 0 amide bonds. The third-order valence-electron chi connectivity index (χ3n) is 3.19. The van der Waals surface area contributed by atoms with Crippen LogP contribution in [0.3, 0.4) is 0 Å². The number of hydrogen-bond acceptors (Lipinski definition) is 3. The third kappa shape index (κ3) is 3.60. The van der Waals surface area contributed by atoms with E-state index in [2.05, 4.69) is 30.0 Å². The first kappa shape index (κ1) is 14.3. The fourth-order valence-electron chi connectivity index (χ4n) is 2.23. The van der Waals surface area contributed by atoms with Crippen molar-refractivity contribution in [2.75, 3.05) is 20.2 Å². The molecule has 1 fully saturated rings. The maximum absolute atomic E-state index is 5.89. The van der Waals surface area contributed by atoms with E-state index >= 15 is 0 Å². The molecule has 1 aliphatic rings. The largest absolute Gasteiger partial charge is 0.496 e. The van der Waals surface area contributed by atoms with Crippen molar-refractivity contribution in [3.05, 3.63) is 29.3 Å². The summed E-state index contributed by atoms with van der Waals surface area (Å²) in [6.45, 7) is 5.16. The van der Waals surface area contributed by atoms with Crippen molar-refractivity contribution in [2.45, 2.75) is 25.9 Å². The molecule has 0 radical (unpaired) electrons. The van der Waals surface area contributed by atoms with Crippen molar-refractivity contribution in [3.63, 3.8) is 0 Å². The predicted octanol–water partition coefficient (Wildman–Crippen LogP) is 1.96. The minimum atomic E-state index is 0. The van der Waals surface area contributed by atoms with Crippen molar-refractivity contribution in [1.82, 2.24) is 4.90 Å². The summed E-state index contributed by atoms with van der Waals surface area (Å²) in [4.78, 5) is 2.40. The number of benzene rings is 1. The molecule has 0 bridgehead atoms. The molecule has 1 atom stereocenters. The molecule has 17 heavy (non-hydrogen) atoms. The Labute approximate surface area is 109 Å². The van der Waals surface area contributed by atoms with E-state index in [1.165, 1.54) is 11.1 Å². The molecule has 0 saturated carbocycles. The molecule has 0 aromatic heterocycles. The molecule has 0 spiro atoms. The molecule has 1 saturated heterocycles. The van der Waals surface area contributed by atoms with Crippen LogP contribution >= 0.6 is 12.4 Å². The van der Waals surface area contributed by atoms with Crippen LogP contribution in [0.4, 0.5) is 0 Å². The van der Waals surface area contributed by atoms with E-state index < -0.39 is 0 Å². The molecule has 1 aliphatic heterocycles. The highest BCUT2D eigenvalue weighted by atomic mass is 35.5. The van der Waals surface area contributed by atoms with Gasteiger partial charge >= 0.3 is 0 Å². The first-order chi connectivity index (χ1) is 7.69. The quantitative estimate of drug-likeness (QED) is 0.899. The predicted molar refractivity (Wildman–Crippen MR) is 72.8 cm³/mol. The van der Waals surface area contributed by atoms with Crippen LogP contribution in [0, 0.1) is 6.92 Å². The van der Waals surface area contributed by atoms with Gasteiger partial charge in [-0.2, -0.15) is 0 Å². The van der Waals surface area contributed by atoms with Gasteiger partial charge in [-0.25, -0.2) is 0 Å². The second-order valence-corrected chi connectivity index (χ2v) is 4.59. The number of rotatable bonds is 3. The van der Waals surface area contributed by atoms with E-state index in [9.17, 15) is 0 Å². The van der Waals surface area contributed by atoms with Crippen LogP contribution < -0.4 is 10.5 Å². The number of nitrogens with two attached hydrogens (primary N) is 1. The van der Waals surface area contributed by atoms with Gasteiger partial charge in [0.05, 0.1) is 7.11 Å². The number of halogens is 1. The van der Waals surface area contributed by atoms with Gasteiger partial charge in [-0.3, -0.25) is 4.90 Å². The second-order valence-electron chi connectivity index (χ2n) is 4.59. The number of hydrogen-bond donors (Lipinski definition) is 1. The van der Waals surface area contributed by atoms with Crippen LogP contribution in [0.1, 0.15) is 17.5 Å². The lowest BCUT2D eigenvalue weighted by Crippen LogP contribution is -2.26. The van der Waals surface area contributed by atoms with Gasteiger partial charge in [0.15, 0.2) is 0 Å². The monoisotopic (exact) mass is 256 g/mol. The average molecular weight is 257 g/mol. The van der Waals surface area contributed by atoms with Gasteiger partial charge in [-0.05, 0) is 30.5 Å². The van der Waals surface area contributed by atoms with Crippen LogP contribution in [0.25, 0.3) is 0 Å². The summed E-state index contributed by atoms with van der Waals surface area (Å²) in [5, 5.41) is 0. The summed E-state index contributed by atoms with van der Waals surface area (Å²) in [5.41, 5.74) is 8.38. The SMILES string of the molecule is COc1cc(CN2CCC(N)C2)ccc1C.Cl. The van der Waals surface area contributed by atoms with Crippen LogP contribution in [0.15, 0.2) is 18.2 Å². The molecule has 2 N–H and O–H groups in total. The Kier molecular flexibility index (Phi) is 5.25. The van der Waals surface area contributed by atoms with Gasteiger partial charge in [0.2, 0.25) is 0 Å². The molecule has 1 aromatic rings. The third-order valence-corrected chi connectivity index (χ3v) is 3.19. The molecule has 0 aliphatic carbocycles. The highest BCUT2D eigenvalue weighted by Gasteiger charge is 2.18. The summed E-state index contributed by atoms with van der Waals surface area (Å²) in [6, 6.07) is 6.76. The van der Waals surface area contributed by atoms with E-state index in [0.717, 1.165) is 31.8 Å². The van der Waals surface area contributed by atoms with Crippen molar-refractivity contribution in [3.8, 4) is 5.75 Å². The zero-order chi connectivity index (χ0) is 11.5. The van der Waals surface area contributed by atoms with Crippen molar-refractivity contribution in [1.29, 1.82) is 0 Å². The topological polar surface area (TPSA) is 38.5 Å². The summed E-state index contributed by atoms with van der Waals surface area (Å²) < 4.78 is 5.33. The molecule has 1 heterocycles. The van der Waals surface area contributed by atoms with Crippen molar-refractivity contribution >= 4 is 12.4 Å². The number of ether oxygens (including phenoxy) is 1. The highest BCUT2D eigenvalue weighted by molar-refractivity contribution is 5.85. The number of nitrogens with zero attached hydrogens (tertiary/aromatic N) is 1. The molecular formula is C13H21ClN2O. The van der Waals surface area contributed by atoms with Crippen LogP contribution in [-0.4, -0.2) is 31.1 Å². The van der Waals surface area contributed by atoms with Gasteiger partial charge in [0.1, 0.15) is 5.75 Å². The standard InChI is InChI=1S/C13H20N2O.ClH/c1-10-3-4-11(7-13(10)16-2)8-15-6-5-12(14)9-15;/h3-4,7,12H,5-6,8-9,14H2,1-2H3;1H. The minimum Gasteiger partial charge on any atom is -0.496 e. The second kappa shape index (κ2) is 6.24. The van der Waals surface area contributed by atoms with E-state index in [1.807, 2.05) is 0 Å². The van der Waals surface area contributed by atoms with Crippen LogP contribution in [0.2, 0.25) is 0 Å². The molecule has 2 rings (SSSR count). The Morgan fingerprint density at radius 3 is 2.82 bits per heavy atom. The average Bonchev–Trinajstić information content (AvgIpc) is 2.67. The molecule has 1 aromatic carbocycles. The summed E-state index contributed by atoms with van der Waals surface area (Å²) >= 11 is 0. The molecule has 1 unspecified atom stereocenters. The van der Waals surface area contributed by atoms with Gasteiger partial charge in [0.25, 0.3) is 0 Å². The van der Waals surface area contributed by atoms with E-state index in [4.69, 9.17) is 10.5 Å². The molecule has 4 heteroatoms. The fourth-order valence-corrected chi connectivity index (χ4v) is 2.23. The zero-order valence-corrected chi connectivity index (χ0v) is 11.3. The minimum absolute atomic E-state index is 0. The van der Waals surface area contributed by atoms with Gasteiger partial charge in [-0.1, -0.05) is 12.1 Å². The normalized spacial score (nSPS) is 20.1. The van der Waals surface area contributed by atoms with E-state index in [-0.39, 0.29) is 12.4 Å². The smallest absolute Gasteiger partial charge is 0.122 e. The molecular weight excluding hydrogens is 236 g/mol. The Morgan fingerprint density at radius 2 is 2.24 bits per heavy atom. The Morgan fingerprint density at radius 1 is 1.47 bits per heavy atom. The first-order valence-corrected chi connectivity index (χ1v) is 5.80.